The van der Waals surface area contributed by atoms with E-state index in [0.29, 0.717) is 11.9 Å². The van der Waals surface area contributed by atoms with Crippen LogP contribution in [0.5, 0.6) is 0 Å². The number of rotatable bonds is 3. The summed E-state index contributed by atoms with van der Waals surface area (Å²) in [6, 6.07) is 18.1. The molecule has 27 heavy (non-hydrogen) atoms. The monoisotopic (exact) mass is 368 g/mol. The number of alkyl halides is 3. The Kier molecular flexibility index (Phi) is 4.17. The molecule has 1 heterocycles. The summed E-state index contributed by atoms with van der Waals surface area (Å²) in [4.78, 5) is 4.57. The standard InChI is InChI=1S/C22H19F3N2/c1-14(2)27-20-11-10-17(22(23,24)25)13-19(20)26-21(27)12-16-8-5-7-15-6-3-4-9-18(15)16/h3-11,13-14H,12H2,1-2H3. The van der Waals surface area contributed by atoms with Crippen molar-refractivity contribution in [1.82, 2.24) is 9.55 Å². The number of halogens is 3. The second-order valence-electron chi connectivity index (χ2n) is 7.01. The Labute approximate surface area is 155 Å². The third-order valence-electron chi connectivity index (χ3n) is 4.83. The van der Waals surface area contributed by atoms with Gasteiger partial charge in [0.05, 0.1) is 16.6 Å². The quantitative estimate of drug-likeness (QED) is 0.410. The molecule has 0 fully saturated rings. The molecule has 0 radical (unpaired) electrons. The summed E-state index contributed by atoms with van der Waals surface area (Å²) in [5.41, 5.74) is 1.56. The lowest BCUT2D eigenvalue weighted by Gasteiger charge is -2.14. The molecule has 0 saturated heterocycles. The van der Waals surface area contributed by atoms with Crippen molar-refractivity contribution in [2.75, 3.05) is 0 Å². The van der Waals surface area contributed by atoms with Crippen molar-refractivity contribution in [2.24, 2.45) is 0 Å². The molecule has 4 rings (SSSR count). The van der Waals surface area contributed by atoms with E-state index in [0.717, 1.165) is 39.8 Å². The first-order chi connectivity index (χ1) is 12.8. The second kappa shape index (κ2) is 6.41. The van der Waals surface area contributed by atoms with Crippen LogP contribution in [0.4, 0.5) is 13.2 Å². The Morgan fingerprint density at radius 3 is 2.44 bits per heavy atom. The van der Waals surface area contributed by atoms with Crippen molar-refractivity contribution in [3.8, 4) is 0 Å². The van der Waals surface area contributed by atoms with Gasteiger partial charge in [0.2, 0.25) is 0 Å². The molecule has 0 aliphatic carbocycles. The fourth-order valence-electron chi connectivity index (χ4n) is 3.64. The number of nitrogens with zero attached hydrogens (tertiary/aromatic N) is 2. The fourth-order valence-corrected chi connectivity index (χ4v) is 3.64. The highest BCUT2D eigenvalue weighted by Crippen LogP contribution is 2.33. The van der Waals surface area contributed by atoms with E-state index in [1.54, 1.807) is 0 Å². The molecular formula is C22H19F3N2. The summed E-state index contributed by atoms with van der Waals surface area (Å²) in [5, 5.41) is 2.28. The molecule has 1 aromatic heterocycles. The van der Waals surface area contributed by atoms with Gasteiger partial charge in [0.25, 0.3) is 0 Å². The van der Waals surface area contributed by atoms with Crippen molar-refractivity contribution in [3.05, 3.63) is 77.6 Å². The lowest BCUT2D eigenvalue weighted by molar-refractivity contribution is -0.137. The lowest BCUT2D eigenvalue weighted by atomic mass is 10.0. The highest BCUT2D eigenvalue weighted by atomic mass is 19.4. The molecule has 2 nitrogen and oxygen atoms in total. The minimum atomic E-state index is -4.37. The Morgan fingerprint density at radius 2 is 1.70 bits per heavy atom. The molecular weight excluding hydrogens is 349 g/mol. The van der Waals surface area contributed by atoms with Crippen molar-refractivity contribution < 1.29 is 13.2 Å². The van der Waals surface area contributed by atoms with Gasteiger partial charge in [0.15, 0.2) is 0 Å². The highest BCUT2D eigenvalue weighted by Gasteiger charge is 2.31. The van der Waals surface area contributed by atoms with E-state index < -0.39 is 11.7 Å². The smallest absolute Gasteiger partial charge is 0.325 e. The van der Waals surface area contributed by atoms with Crippen LogP contribution in [0.25, 0.3) is 21.8 Å². The van der Waals surface area contributed by atoms with Gasteiger partial charge in [-0.1, -0.05) is 42.5 Å². The number of imidazole rings is 1. The van der Waals surface area contributed by atoms with Crippen molar-refractivity contribution >= 4 is 21.8 Å². The van der Waals surface area contributed by atoms with Crippen LogP contribution in [-0.2, 0) is 12.6 Å². The Balaban J connectivity index is 1.86. The summed E-state index contributed by atoms with van der Waals surface area (Å²) in [6.07, 6.45) is -3.80. The van der Waals surface area contributed by atoms with Gasteiger partial charge in [-0.15, -0.1) is 0 Å². The van der Waals surface area contributed by atoms with Crippen molar-refractivity contribution in [1.29, 1.82) is 0 Å². The third-order valence-corrected chi connectivity index (χ3v) is 4.83. The molecule has 0 aliphatic rings. The topological polar surface area (TPSA) is 17.8 Å². The average Bonchev–Trinajstić information content (AvgIpc) is 2.98. The van der Waals surface area contributed by atoms with E-state index in [9.17, 15) is 13.2 Å². The third kappa shape index (κ3) is 3.18. The molecule has 0 aliphatic heterocycles. The van der Waals surface area contributed by atoms with E-state index in [-0.39, 0.29) is 6.04 Å². The van der Waals surface area contributed by atoms with Gasteiger partial charge in [-0.2, -0.15) is 13.2 Å². The fraction of sp³-hybridized carbons (Fsp3) is 0.227. The van der Waals surface area contributed by atoms with Gasteiger partial charge >= 0.3 is 6.18 Å². The molecule has 138 valence electrons. The van der Waals surface area contributed by atoms with Crippen LogP contribution in [0.3, 0.4) is 0 Å². The van der Waals surface area contributed by atoms with Crippen molar-refractivity contribution in [3.63, 3.8) is 0 Å². The number of hydrogen-bond acceptors (Lipinski definition) is 1. The van der Waals surface area contributed by atoms with Crippen LogP contribution >= 0.6 is 0 Å². The van der Waals surface area contributed by atoms with E-state index in [4.69, 9.17) is 0 Å². The van der Waals surface area contributed by atoms with Gasteiger partial charge in [0.1, 0.15) is 5.82 Å². The van der Waals surface area contributed by atoms with Gasteiger partial charge < -0.3 is 4.57 Å². The summed E-state index contributed by atoms with van der Waals surface area (Å²) in [6.45, 7) is 4.04. The van der Waals surface area contributed by atoms with Crippen LogP contribution < -0.4 is 0 Å². The number of fused-ring (bicyclic) bond motifs is 2. The SMILES string of the molecule is CC(C)n1c(Cc2cccc3ccccc23)nc2cc(C(F)(F)F)ccc21. The summed E-state index contributed by atoms with van der Waals surface area (Å²) in [7, 11) is 0. The maximum absolute atomic E-state index is 13.1. The zero-order valence-electron chi connectivity index (χ0n) is 15.1. The summed E-state index contributed by atoms with van der Waals surface area (Å²) >= 11 is 0. The van der Waals surface area contributed by atoms with Gasteiger partial charge in [0, 0.05) is 12.5 Å². The highest BCUT2D eigenvalue weighted by molar-refractivity contribution is 5.86. The normalized spacial score (nSPS) is 12.4. The Bertz CT molecular complexity index is 1120. The molecule has 0 bridgehead atoms. The predicted octanol–water partition coefficient (Wildman–Crippen LogP) is 6.38. The van der Waals surface area contributed by atoms with Gasteiger partial charge in [-0.25, -0.2) is 4.98 Å². The van der Waals surface area contributed by atoms with Crippen LogP contribution in [0.1, 0.15) is 36.8 Å². The van der Waals surface area contributed by atoms with E-state index in [2.05, 4.69) is 23.2 Å². The Morgan fingerprint density at radius 1 is 0.963 bits per heavy atom. The maximum atomic E-state index is 13.1. The minimum Gasteiger partial charge on any atom is -0.325 e. The van der Waals surface area contributed by atoms with Crippen LogP contribution in [0.2, 0.25) is 0 Å². The summed E-state index contributed by atoms with van der Waals surface area (Å²) < 4.78 is 41.2. The average molecular weight is 368 g/mol. The molecule has 4 aromatic rings. The van der Waals surface area contributed by atoms with Gasteiger partial charge in [-0.3, -0.25) is 0 Å². The maximum Gasteiger partial charge on any atom is 0.416 e. The first-order valence-electron chi connectivity index (χ1n) is 8.89. The molecule has 5 heteroatoms. The molecule has 0 unspecified atom stereocenters. The summed E-state index contributed by atoms with van der Waals surface area (Å²) in [5.74, 6) is 0.774. The minimum absolute atomic E-state index is 0.0942. The second-order valence-corrected chi connectivity index (χ2v) is 7.01. The Hall–Kier alpha value is -2.82. The van der Waals surface area contributed by atoms with Gasteiger partial charge in [-0.05, 0) is 48.4 Å². The molecule has 0 amide bonds. The lowest BCUT2D eigenvalue weighted by Crippen LogP contribution is -2.07. The predicted molar refractivity (Wildman–Crippen MR) is 102 cm³/mol. The molecule has 0 N–H and O–H groups in total. The first-order valence-corrected chi connectivity index (χ1v) is 8.89. The number of benzene rings is 3. The zero-order valence-corrected chi connectivity index (χ0v) is 15.1. The van der Waals surface area contributed by atoms with Crippen LogP contribution in [-0.4, -0.2) is 9.55 Å². The number of aromatic nitrogens is 2. The molecule has 0 saturated carbocycles. The molecule has 0 spiro atoms. The number of hydrogen-bond donors (Lipinski definition) is 0. The zero-order chi connectivity index (χ0) is 19.2. The van der Waals surface area contributed by atoms with E-state index in [1.807, 2.05) is 42.7 Å². The largest absolute Gasteiger partial charge is 0.416 e. The molecule has 0 atom stereocenters. The van der Waals surface area contributed by atoms with Crippen molar-refractivity contribution in [2.45, 2.75) is 32.5 Å². The first kappa shape index (κ1) is 17.6. The van der Waals surface area contributed by atoms with Crippen LogP contribution in [0.15, 0.2) is 60.7 Å². The molecule has 3 aromatic carbocycles. The van der Waals surface area contributed by atoms with Crippen LogP contribution in [0, 0.1) is 0 Å². The van der Waals surface area contributed by atoms with E-state index in [1.165, 1.54) is 6.07 Å². The van der Waals surface area contributed by atoms with E-state index >= 15 is 0 Å².